The van der Waals surface area contributed by atoms with Crippen LogP contribution in [0.4, 0.5) is 5.82 Å². The molecule has 122 valence electrons. The molecule has 0 fully saturated rings. The third-order valence-corrected chi connectivity index (χ3v) is 3.60. The summed E-state index contributed by atoms with van der Waals surface area (Å²) in [5.74, 6) is 0.685. The number of benzene rings is 1. The summed E-state index contributed by atoms with van der Waals surface area (Å²) < 4.78 is 1.82. The molecule has 0 saturated heterocycles. The van der Waals surface area contributed by atoms with E-state index in [1.807, 2.05) is 47.3 Å². The van der Waals surface area contributed by atoms with Gasteiger partial charge < -0.3 is 10.2 Å². The van der Waals surface area contributed by atoms with Gasteiger partial charge in [-0.15, -0.1) is 0 Å². The number of hydrogen-bond donors (Lipinski definition) is 1. The van der Waals surface area contributed by atoms with Gasteiger partial charge in [-0.25, -0.2) is 9.67 Å². The van der Waals surface area contributed by atoms with Crippen molar-refractivity contribution in [2.24, 2.45) is 0 Å². The lowest BCUT2D eigenvalue weighted by Crippen LogP contribution is -2.21. The van der Waals surface area contributed by atoms with E-state index in [1.54, 1.807) is 32.6 Å². The second-order valence-corrected chi connectivity index (χ2v) is 5.60. The van der Waals surface area contributed by atoms with Crippen LogP contribution in [0.5, 0.6) is 0 Å². The number of carbonyl (C=O) groups is 1. The standard InChI is InChI=1S/C18H19N5O/c1-22(2)18(24)15-6-9-17(20-13-15)19-12-14-4-7-16(8-5-14)23-11-3-10-21-23/h3-11,13H,12H2,1-2H3,(H,19,20). The van der Waals surface area contributed by atoms with E-state index in [1.165, 1.54) is 4.90 Å². The van der Waals surface area contributed by atoms with Gasteiger partial charge in [-0.3, -0.25) is 4.79 Å². The van der Waals surface area contributed by atoms with Crippen molar-refractivity contribution in [3.63, 3.8) is 0 Å². The molecule has 2 heterocycles. The van der Waals surface area contributed by atoms with Crippen LogP contribution in [0.1, 0.15) is 15.9 Å². The fourth-order valence-corrected chi connectivity index (χ4v) is 2.26. The van der Waals surface area contributed by atoms with Crippen LogP contribution in [0.25, 0.3) is 5.69 Å². The van der Waals surface area contributed by atoms with Gasteiger partial charge in [-0.1, -0.05) is 12.1 Å². The number of amides is 1. The molecule has 6 nitrogen and oxygen atoms in total. The molecular formula is C18H19N5O. The summed E-state index contributed by atoms with van der Waals surface area (Å²) in [6, 6.07) is 13.6. The van der Waals surface area contributed by atoms with Crippen LogP contribution in [-0.4, -0.2) is 39.7 Å². The zero-order valence-corrected chi connectivity index (χ0v) is 13.7. The molecule has 6 heteroatoms. The first-order valence-corrected chi connectivity index (χ1v) is 7.64. The molecular weight excluding hydrogens is 302 g/mol. The number of nitrogens with one attached hydrogen (secondary N) is 1. The average molecular weight is 321 g/mol. The van der Waals surface area contributed by atoms with E-state index < -0.39 is 0 Å². The third-order valence-electron chi connectivity index (χ3n) is 3.60. The minimum atomic E-state index is -0.0525. The Kier molecular flexibility index (Phi) is 4.56. The van der Waals surface area contributed by atoms with Crippen molar-refractivity contribution in [3.05, 3.63) is 72.2 Å². The van der Waals surface area contributed by atoms with Gasteiger partial charge in [0.1, 0.15) is 5.82 Å². The molecule has 0 aliphatic heterocycles. The maximum absolute atomic E-state index is 11.8. The highest BCUT2D eigenvalue weighted by atomic mass is 16.2. The second kappa shape index (κ2) is 6.95. The normalized spacial score (nSPS) is 10.4. The smallest absolute Gasteiger partial charge is 0.254 e. The van der Waals surface area contributed by atoms with Gasteiger partial charge in [0.05, 0.1) is 11.3 Å². The first-order valence-electron chi connectivity index (χ1n) is 7.64. The topological polar surface area (TPSA) is 63.1 Å². The van der Waals surface area contributed by atoms with Crippen LogP contribution in [0.15, 0.2) is 61.1 Å². The Balaban J connectivity index is 1.60. The van der Waals surface area contributed by atoms with Crippen molar-refractivity contribution in [2.75, 3.05) is 19.4 Å². The van der Waals surface area contributed by atoms with Gasteiger partial charge in [-0.2, -0.15) is 5.10 Å². The SMILES string of the molecule is CN(C)C(=O)c1ccc(NCc2ccc(-n3cccn3)cc2)nc1. The number of nitrogens with zero attached hydrogens (tertiary/aromatic N) is 4. The predicted octanol–water partition coefficient (Wildman–Crippen LogP) is 2.58. The first-order chi connectivity index (χ1) is 11.6. The van der Waals surface area contributed by atoms with Gasteiger partial charge in [0.2, 0.25) is 0 Å². The average Bonchev–Trinajstić information content (AvgIpc) is 3.15. The molecule has 0 bridgehead atoms. The molecule has 0 aliphatic carbocycles. The summed E-state index contributed by atoms with van der Waals surface area (Å²) in [6.07, 6.45) is 5.26. The Bertz CT molecular complexity index is 792. The Morgan fingerprint density at radius 3 is 2.54 bits per heavy atom. The molecule has 0 unspecified atom stereocenters. The van der Waals surface area contributed by atoms with Gasteiger partial charge in [-0.05, 0) is 35.9 Å². The first kappa shape index (κ1) is 15.7. The Hall–Kier alpha value is -3.15. The molecule has 3 aromatic rings. The van der Waals surface area contributed by atoms with Crippen molar-refractivity contribution < 1.29 is 4.79 Å². The number of carbonyl (C=O) groups excluding carboxylic acids is 1. The quantitative estimate of drug-likeness (QED) is 0.784. The highest BCUT2D eigenvalue weighted by molar-refractivity contribution is 5.93. The zero-order chi connectivity index (χ0) is 16.9. The number of hydrogen-bond acceptors (Lipinski definition) is 4. The van der Waals surface area contributed by atoms with Crippen LogP contribution in [0.3, 0.4) is 0 Å². The van der Waals surface area contributed by atoms with E-state index in [0.717, 1.165) is 17.1 Å². The Labute approximate surface area is 140 Å². The molecule has 0 saturated carbocycles. The minimum Gasteiger partial charge on any atom is -0.366 e. The third kappa shape index (κ3) is 3.60. The van der Waals surface area contributed by atoms with E-state index in [0.29, 0.717) is 12.1 Å². The number of aromatic nitrogens is 3. The molecule has 1 aromatic carbocycles. The highest BCUT2D eigenvalue weighted by Crippen LogP contribution is 2.11. The maximum Gasteiger partial charge on any atom is 0.254 e. The van der Waals surface area contributed by atoms with Crippen LogP contribution >= 0.6 is 0 Å². The van der Waals surface area contributed by atoms with Crippen LogP contribution < -0.4 is 5.32 Å². The van der Waals surface area contributed by atoms with Crippen LogP contribution in [-0.2, 0) is 6.54 Å². The van der Waals surface area contributed by atoms with Gasteiger partial charge >= 0.3 is 0 Å². The molecule has 0 radical (unpaired) electrons. The van der Waals surface area contributed by atoms with Crippen molar-refractivity contribution in [2.45, 2.75) is 6.54 Å². The zero-order valence-electron chi connectivity index (χ0n) is 13.7. The largest absolute Gasteiger partial charge is 0.366 e. The summed E-state index contributed by atoms with van der Waals surface area (Å²) in [5, 5.41) is 7.46. The molecule has 1 amide bonds. The van der Waals surface area contributed by atoms with Crippen molar-refractivity contribution in [1.29, 1.82) is 0 Å². The minimum absolute atomic E-state index is 0.0525. The maximum atomic E-state index is 11.8. The monoisotopic (exact) mass is 321 g/mol. The van der Waals surface area contributed by atoms with Crippen molar-refractivity contribution in [3.8, 4) is 5.69 Å². The van der Waals surface area contributed by atoms with E-state index in [9.17, 15) is 4.79 Å². The fourth-order valence-electron chi connectivity index (χ4n) is 2.26. The van der Waals surface area contributed by atoms with E-state index in [-0.39, 0.29) is 5.91 Å². The summed E-state index contributed by atoms with van der Waals surface area (Å²) in [7, 11) is 3.45. The Morgan fingerprint density at radius 2 is 1.96 bits per heavy atom. The van der Waals surface area contributed by atoms with Gasteiger partial charge in [0.25, 0.3) is 5.91 Å². The molecule has 0 spiro atoms. The highest BCUT2D eigenvalue weighted by Gasteiger charge is 2.07. The number of pyridine rings is 1. The number of anilines is 1. The van der Waals surface area contributed by atoms with Gasteiger partial charge in [0, 0.05) is 39.2 Å². The summed E-state index contributed by atoms with van der Waals surface area (Å²) >= 11 is 0. The summed E-state index contributed by atoms with van der Waals surface area (Å²) in [5.41, 5.74) is 2.74. The van der Waals surface area contributed by atoms with E-state index in [2.05, 4.69) is 15.4 Å². The van der Waals surface area contributed by atoms with Crippen molar-refractivity contribution >= 4 is 11.7 Å². The van der Waals surface area contributed by atoms with Crippen LogP contribution in [0.2, 0.25) is 0 Å². The molecule has 0 aliphatic rings. The number of rotatable bonds is 5. The van der Waals surface area contributed by atoms with Crippen molar-refractivity contribution in [1.82, 2.24) is 19.7 Å². The predicted molar refractivity (Wildman–Crippen MR) is 93.1 cm³/mol. The van der Waals surface area contributed by atoms with E-state index in [4.69, 9.17) is 0 Å². The molecule has 3 rings (SSSR count). The van der Waals surface area contributed by atoms with Crippen LogP contribution in [0, 0.1) is 0 Å². The lowest BCUT2D eigenvalue weighted by molar-refractivity contribution is 0.0827. The molecule has 24 heavy (non-hydrogen) atoms. The summed E-state index contributed by atoms with van der Waals surface area (Å²) in [4.78, 5) is 17.6. The Morgan fingerprint density at radius 1 is 1.17 bits per heavy atom. The molecule has 1 N–H and O–H groups in total. The summed E-state index contributed by atoms with van der Waals surface area (Å²) in [6.45, 7) is 0.660. The fraction of sp³-hybridized carbons (Fsp3) is 0.167. The molecule has 0 atom stereocenters. The molecule has 2 aromatic heterocycles. The lowest BCUT2D eigenvalue weighted by Gasteiger charge is -2.11. The van der Waals surface area contributed by atoms with Gasteiger partial charge in [0.15, 0.2) is 0 Å². The lowest BCUT2D eigenvalue weighted by atomic mass is 10.2. The van der Waals surface area contributed by atoms with E-state index >= 15 is 0 Å². The second-order valence-electron chi connectivity index (χ2n) is 5.60.